The molecule has 1 aliphatic heterocycles. The molecule has 1 aromatic carbocycles. The van der Waals surface area contributed by atoms with Crippen molar-refractivity contribution in [3.05, 3.63) is 47.8 Å². The Labute approximate surface area is 103 Å². The van der Waals surface area contributed by atoms with Crippen LogP contribution in [-0.2, 0) is 0 Å². The summed E-state index contributed by atoms with van der Waals surface area (Å²) in [5.74, 6) is -1.02. The van der Waals surface area contributed by atoms with Gasteiger partial charge in [0, 0.05) is 11.9 Å². The van der Waals surface area contributed by atoms with Gasteiger partial charge in [-0.3, -0.25) is 5.10 Å². The number of H-pyrrole nitrogens is 1. The summed E-state index contributed by atoms with van der Waals surface area (Å²) >= 11 is 0. The smallest absolute Gasteiger partial charge is 0.357 e. The van der Waals surface area contributed by atoms with Gasteiger partial charge in [0.2, 0.25) is 0 Å². The molecule has 18 heavy (non-hydrogen) atoms. The summed E-state index contributed by atoms with van der Waals surface area (Å²) in [7, 11) is 0. The number of carboxylic acid groups (broad SMARTS) is 1. The van der Waals surface area contributed by atoms with E-state index >= 15 is 0 Å². The lowest BCUT2D eigenvalue weighted by Gasteiger charge is -2.10. The second-order valence-corrected chi connectivity index (χ2v) is 4.01. The minimum absolute atomic E-state index is 0.0634. The van der Waals surface area contributed by atoms with Crippen molar-refractivity contribution in [3.8, 4) is 0 Å². The van der Waals surface area contributed by atoms with Crippen LogP contribution >= 0.6 is 0 Å². The molecule has 0 bridgehead atoms. The van der Waals surface area contributed by atoms with E-state index in [0.29, 0.717) is 5.39 Å². The molecule has 0 fully saturated rings. The van der Waals surface area contributed by atoms with Gasteiger partial charge in [-0.05, 0) is 29.5 Å². The fraction of sp³-hybridized carbons (Fsp3) is 0.0769. The molecule has 90 valence electrons. The Morgan fingerprint density at radius 2 is 2.28 bits per heavy atom. The van der Waals surface area contributed by atoms with E-state index in [9.17, 15) is 4.79 Å². The highest BCUT2D eigenvalue weighted by Gasteiger charge is 2.17. The molecule has 0 saturated heterocycles. The number of dihydropyridines is 1. The van der Waals surface area contributed by atoms with Gasteiger partial charge in [0.15, 0.2) is 5.69 Å². The van der Waals surface area contributed by atoms with E-state index < -0.39 is 5.97 Å². The lowest BCUT2D eigenvalue weighted by atomic mass is 9.98. The molecule has 0 radical (unpaired) electrons. The monoisotopic (exact) mass is 241 g/mol. The Balaban J connectivity index is 2.28. The first-order valence-electron chi connectivity index (χ1n) is 5.58. The van der Waals surface area contributed by atoms with Crippen molar-refractivity contribution >= 4 is 22.4 Å². The summed E-state index contributed by atoms with van der Waals surface area (Å²) in [5, 5.41) is 19.5. The minimum atomic E-state index is -1.02. The molecule has 0 atom stereocenters. The van der Waals surface area contributed by atoms with E-state index in [1.54, 1.807) is 0 Å². The van der Waals surface area contributed by atoms with Crippen LogP contribution in [0.2, 0.25) is 0 Å². The SMILES string of the molecule is O=C(O)c1n[nH]c2cccc(C3=CCNC=C3)c12. The normalized spacial score (nSPS) is 14.3. The van der Waals surface area contributed by atoms with Crippen LogP contribution in [0.1, 0.15) is 16.1 Å². The predicted octanol–water partition coefficient (Wildman–Crippen LogP) is 1.76. The molecular formula is C13H11N3O2. The van der Waals surface area contributed by atoms with Crippen molar-refractivity contribution in [3.63, 3.8) is 0 Å². The van der Waals surface area contributed by atoms with Crippen LogP contribution in [0.5, 0.6) is 0 Å². The number of aromatic carboxylic acids is 1. The number of hydrogen-bond donors (Lipinski definition) is 3. The van der Waals surface area contributed by atoms with Crippen LogP contribution in [0.25, 0.3) is 16.5 Å². The predicted molar refractivity (Wildman–Crippen MR) is 68.2 cm³/mol. The average molecular weight is 241 g/mol. The summed E-state index contributed by atoms with van der Waals surface area (Å²) in [6.45, 7) is 0.739. The molecule has 1 aliphatic rings. The Kier molecular flexibility index (Phi) is 2.37. The zero-order valence-electron chi connectivity index (χ0n) is 9.47. The first-order chi connectivity index (χ1) is 8.77. The van der Waals surface area contributed by atoms with Gasteiger partial charge < -0.3 is 10.4 Å². The third-order valence-electron chi connectivity index (χ3n) is 2.92. The third-order valence-corrected chi connectivity index (χ3v) is 2.92. The van der Waals surface area contributed by atoms with Crippen LogP contribution in [0.4, 0.5) is 0 Å². The zero-order chi connectivity index (χ0) is 12.5. The summed E-state index contributed by atoms with van der Waals surface area (Å²) in [6, 6.07) is 5.62. The molecule has 0 aliphatic carbocycles. The Hall–Kier alpha value is -2.56. The van der Waals surface area contributed by atoms with Gasteiger partial charge in [-0.2, -0.15) is 5.10 Å². The lowest BCUT2D eigenvalue weighted by Crippen LogP contribution is -2.08. The van der Waals surface area contributed by atoms with Crippen molar-refractivity contribution in [1.29, 1.82) is 0 Å². The summed E-state index contributed by atoms with van der Waals surface area (Å²) in [5.41, 5.74) is 2.69. The van der Waals surface area contributed by atoms with E-state index in [0.717, 1.165) is 23.2 Å². The van der Waals surface area contributed by atoms with Gasteiger partial charge in [-0.15, -0.1) is 0 Å². The Morgan fingerprint density at radius 3 is 3.00 bits per heavy atom. The van der Waals surface area contributed by atoms with E-state index in [4.69, 9.17) is 5.11 Å². The van der Waals surface area contributed by atoms with Crippen LogP contribution < -0.4 is 5.32 Å². The van der Waals surface area contributed by atoms with Crippen LogP contribution in [0.3, 0.4) is 0 Å². The lowest BCUT2D eigenvalue weighted by molar-refractivity contribution is 0.0692. The van der Waals surface area contributed by atoms with Crippen molar-refractivity contribution in [2.75, 3.05) is 6.54 Å². The molecule has 5 nitrogen and oxygen atoms in total. The summed E-state index contributed by atoms with van der Waals surface area (Å²) in [4.78, 5) is 11.2. The summed E-state index contributed by atoms with van der Waals surface area (Å²) < 4.78 is 0. The third kappa shape index (κ3) is 1.57. The molecule has 3 N–H and O–H groups in total. The van der Waals surface area contributed by atoms with E-state index in [1.165, 1.54) is 0 Å². The highest BCUT2D eigenvalue weighted by atomic mass is 16.4. The number of aromatic amines is 1. The number of nitrogens with one attached hydrogen (secondary N) is 2. The highest BCUT2D eigenvalue weighted by molar-refractivity contribution is 6.06. The van der Waals surface area contributed by atoms with Gasteiger partial charge in [-0.25, -0.2) is 4.79 Å². The van der Waals surface area contributed by atoms with Crippen LogP contribution in [-0.4, -0.2) is 27.8 Å². The molecule has 0 spiro atoms. The van der Waals surface area contributed by atoms with Gasteiger partial charge in [0.05, 0.1) is 5.52 Å². The van der Waals surface area contributed by atoms with Crippen molar-refractivity contribution in [2.45, 2.75) is 0 Å². The molecule has 3 rings (SSSR count). The molecule has 5 heteroatoms. The number of carbonyl (C=O) groups is 1. The van der Waals surface area contributed by atoms with Crippen molar-refractivity contribution in [1.82, 2.24) is 15.5 Å². The van der Waals surface area contributed by atoms with Crippen molar-refractivity contribution < 1.29 is 9.90 Å². The van der Waals surface area contributed by atoms with Gasteiger partial charge in [0.25, 0.3) is 0 Å². The summed E-state index contributed by atoms with van der Waals surface area (Å²) in [6.07, 6.45) is 5.80. The van der Waals surface area contributed by atoms with Crippen LogP contribution in [0.15, 0.2) is 36.6 Å². The fourth-order valence-electron chi connectivity index (χ4n) is 2.12. The molecule has 0 unspecified atom stereocenters. The molecule has 2 aromatic rings. The standard InChI is InChI=1S/C13H11N3O2/c17-13(18)12-11-9(8-4-6-14-7-5-8)2-1-3-10(11)15-16-12/h1-6,14H,7H2,(H,15,16)(H,17,18). The second kappa shape index (κ2) is 4.03. The maximum atomic E-state index is 11.2. The molecule has 2 heterocycles. The fourth-order valence-corrected chi connectivity index (χ4v) is 2.12. The average Bonchev–Trinajstić information content (AvgIpc) is 2.83. The highest BCUT2D eigenvalue weighted by Crippen LogP contribution is 2.28. The van der Waals surface area contributed by atoms with E-state index in [2.05, 4.69) is 15.5 Å². The van der Waals surface area contributed by atoms with Gasteiger partial charge >= 0.3 is 5.97 Å². The number of rotatable bonds is 2. The Morgan fingerprint density at radius 1 is 1.39 bits per heavy atom. The van der Waals surface area contributed by atoms with Gasteiger partial charge in [-0.1, -0.05) is 18.2 Å². The molecule has 1 aromatic heterocycles. The Bertz CT molecular complexity index is 683. The topological polar surface area (TPSA) is 78.0 Å². The molecule has 0 amide bonds. The quantitative estimate of drug-likeness (QED) is 0.748. The van der Waals surface area contributed by atoms with Crippen molar-refractivity contribution in [2.24, 2.45) is 0 Å². The number of nitrogens with zero attached hydrogens (tertiary/aromatic N) is 1. The number of hydrogen-bond acceptors (Lipinski definition) is 3. The first kappa shape index (κ1) is 10.6. The van der Waals surface area contributed by atoms with E-state index in [1.807, 2.05) is 36.6 Å². The van der Waals surface area contributed by atoms with Gasteiger partial charge in [0.1, 0.15) is 0 Å². The minimum Gasteiger partial charge on any atom is -0.476 e. The second-order valence-electron chi connectivity index (χ2n) is 4.01. The maximum Gasteiger partial charge on any atom is 0.357 e. The number of aromatic nitrogens is 2. The van der Waals surface area contributed by atoms with Crippen LogP contribution in [0, 0.1) is 0 Å². The maximum absolute atomic E-state index is 11.2. The number of carboxylic acids is 1. The number of allylic oxidation sites excluding steroid dienone is 2. The molecular weight excluding hydrogens is 230 g/mol. The largest absolute Gasteiger partial charge is 0.476 e. The first-order valence-corrected chi connectivity index (χ1v) is 5.58. The number of benzene rings is 1. The number of fused-ring (bicyclic) bond motifs is 1. The zero-order valence-corrected chi connectivity index (χ0v) is 9.47. The van der Waals surface area contributed by atoms with E-state index in [-0.39, 0.29) is 5.69 Å². The molecule has 0 saturated carbocycles.